The molecule has 4 heteroatoms. The van der Waals surface area contributed by atoms with E-state index in [1.165, 1.54) is 23.4 Å². The lowest BCUT2D eigenvalue weighted by molar-refractivity contribution is -0.148. The molecule has 1 aliphatic heterocycles. The average Bonchev–Trinajstić information content (AvgIpc) is 2.93. The number of ether oxygens (including phenoxy) is 1. The summed E-state index contributed by atoms with van der Waals surface area (Å²) < 4.78 is 5.35. The van der Waals surface area contributed by atoms with E-state index in [2.05, 4.69) is 18.2 Å². The average molecular weight is 409 g/mol. The van der Waals surface area contributed by atoms with Crippen LogP contribution in [-0.4, -0.2) is 16.7 Å². The van der Waals surface area contributed by atoms with Gasteiger partial charge in [-0.05, 0) is 63.6 Å². The van der Waals surface area contributed by atoms with Gasteiger partial charge in [-0.15, -0.1) is 0 Å². The van der Waals surface area contributed by atoms with Crippen LogP contribution in [0.2, 0.25) is 0 Å². The molecule has 3 nitrogen and oxygen atoms in total. The van der Waals surface area contributed by atoms with Crippen LogP contribution in [0.3, 0.4) is 0 Å². The number of esters is 1. The lowest BCUT2D eigenvalue weighted by atomic mass is 9.74. The molecule has 2 aromatic rings. The van der Waals surface area contributed by atoms with Crippen LogP contribution in [0, 0.1) is 0 Å². The zero-order valence-corrected chi connectivity index (χ0v) is 18.1. The van der Waals surface area contributed by atoms with Crippen LogP contribution in [0.1, 0.15) is 51.2 Å². The molecule has 0 saturated carbocycles. The maximum Gasteiger partial charge on any atom is 0.330 e. The van der Waals surface area contributed by atoms with E-state index in [9.17, 15) is 9.59 Å². The van der Waals surface area contributed by atoms with Crippen molar-refractivity contribution in [2.45, 2.75) is 62.4 Å². The number of carbonyl (C=O) groups excluding carboxylic acids is 2. The Hall–Kier alpha value is -2.33. The van der Waals surface area contributed by atoms with Crippen molar-refractivity contribution in [3.05, 3.63) is 77.9 Å². The Balaban J connectivity index is 1.77. The molecule has 0 spiro atoms. The molecule has 0 amide bonds. The zero-order valence-electron chi connectivity index (χ0n) is 17.3. The molecule has 29 heavy (non-hydrogen) atoms. The molecule has 0 bridgehead atoms. The highest BCUT2D eigenvalue weighted by atomic mass is 32.2. The highest BCUT2D eigenvalue weighted by molar-refractivity contribution is 8.14. The van der Waals surface area contributed by atoms with Crippen molar-refractivity contribution in [1.82, 2.24) is 0 Å². The van der Waals surface area contributed by atoms with E-state index in [0.717, 1.165) is 29.7 Å². The van der Waals surface area contributed by atoms with Crippen molar-refractivity contribution in [3.8, 4) is 0 Å². The van der Waals surface area contributed by atoms with Crippen LogP contribution in [0.15, 0.2) is 71.6 Å². The molecule has 0 radical (unpaired) electrons. The van der Waals surface area contributed by atoms with Crippen LogP contribution in [0.25, 0.3) is 0 Å². The lowest BCUT2D eigenvalue weighted by Gasteiger charge is -2.27. The fourth-order valence-corrected chi connectivity index (χ4v) is 4.93. The van der Waals surface area contributed by atoms with Crippen molar-refractivity contribution in [3.63, 3.8) is 0 Å². The van der Waals surface area contributed by atoms with E-state index in [1.54, 1.807) is 6.08 Å². The van der Waals surface area contributed by atoms with Gasteiger partial charge >= 0.3 is 5.97 Å². The molecule has 152 valence electrons. The Labute approximate surface area is 177 Å². The Bertz CT molecular complexity index is 896. The summed E-state index contributed by atoms with van der Waals surface area (Å²) in [5.41, 5.74) is 1.24. The number of rotatable bonds is 7. The first kappa shape index (κ1) is 21.4. The fraction of sp³-hybridized carbons (Fsp3) is 0.360. The molecular weight excluding hydrogens is 380 g/mol. The summed E-state index contributed by atoms with van der Waals surface area (Å²) in [6.45, 7) is 5.53. The van der Waals surface area contributed by atoms with E-state index in [4.69, 9.17) is 4.74 Å². The molecule has 1 atom stereocenters. The third-order valence-corrected chi connectivity index (χ3v) is 6.19. The van der Waals surface area contributed by atoms with Gasteiger partial charge in [0.15, 0.2) is 0 Å². The SMILES string of the molecule is CC(C)(C)OC(=O)/C=C\C[C@@]1(CCCc2ccccc2)C(=O)Sc2ccccc21. The van der Waals surface area contributed by atoms with Gasteiger partial charge in [-0.2, -0.15) is 0 Å². The standard InChI is InChI=1S/C25H28O3S/c1-24(2,3)28-22(26)16-10-18-25(17-9-13-19-11-5-4-6-12-19)20-14-7-8-15-21(20)29-23(25)27/h4-8,10-12,14-16H,9,13,17-18H2,1-3H3/b16-10-/t25-/m1/s1. The second-order valence-corrected chi connectivity index (χ2v) is 9.46. The van der Waals surface area contributed by atoms with E-state index < -0.39 is 11.0 Å². The minimum atomic E-state index is -0.589. The monoisotopic (exact) mass is 408 g/mol. The summed E-state index contributed by atoms with van der Waals surface area (Å²) in [4.78, 5) is 26.2. The molecule has 0 aliphatic carbocycles. The van der Waals surface area contributed by atoms with Crippen molar-refractivity contribution in [2.75, 3.05) is 0 Å². The van der Waals surface area contributed by atoms with Crippen molar-refractivity contribution < 1.29 is 14.3 Å². The normalized spacial score (nSPS) is 18.8. The summed E-state index contributed by atoms with van der Waals surface area (Å²) in [6.07, 6.45) is 6.36. The van der Waals surface area contributed by atoms with Crippen LogP contribution >= 0.6 is 11.8 Å². The maximum absolute atomic E-state index is 13.1. The van der Waals surface area contributed by atoms with Gasteiger partial charge in [-0.1, -0.05) is 66.4 Å². The molecule has 1 heterocycles. The number of hydrogen-bond acceptors (Lipinski definition) is 4. The quantitative estimate of drug-likeness (QED) is 0.425. The van der Waals surface area contributed by atoms with Gasteiger partial charge in [0.25, 0.3) is 0 Å². The van der Waals surface area contributed by atoms with Crippen molar-refractivity contribution in [2.24, 2.45) is 0 Å². The van der Waals surface area contributed by atoms with Crippen LogP contribution in [0.4, 0.5) is 0 Å². The number of fused-ring (bicyclic) bond motifs is 1. The van der Waals surface area contributed by atoms with Gasteiger partial charge in [0.05, 0.1) is 5.41 Å². The minimum absolute atomic E-state index is 0.167. The third kappa shape index (κ3) is 5.39. The van der Waals surface area contributed by atoms with E-state index in [-0.39, 0.29) is 11.1 Å². The first-order valence-electron chi connectivity index (χ1n) is 10.1. The maximum atomic E-state index is 13.1. The van der Waals surface area contributed by atoms with Gasteiger partial charge in [0.2, 0.25) is 5.12 Å². The van der Waals surface area contributed by atoms with E-state index in [0.29, 0.717) is 6.42 Å². The summed E-state index contributed by atoms with van der Waals surface area (Å²) in [6, 6.07) is 18.4. The molecule has 0 N–H and O–H groups in total. The smallest absolute Gasteiger partial charge is 0.330 e. The van der Waals surface area contributed by atoms with E-state index >= 15 is 0 Å². The number of thioether (sulfide) groups is 1. The molecule has 0 unspecified atom stereocenters. The summed E-state index contributed by atoms with van der Waals surface area (Å²) >= 11 is 1.32. The number of allylic oxidation sites excluding steroid dienone is 1. The predicted octanol–water partition coefficient (Wildman–Crippen LogP) is 5.87. The first-order valence-corrected chi connectivity index (χ1v) is 10.9. The Morgan fingerprint density at radius 3 is 2.48 bits per heavy atom. The van der Waals surface area contributed by atoms with Crippen LogP contribution < -0.4 is 0 Å². The van der Waals surface area contributed by atoms with Crippen LogP contribution in [-0.2, 0) is 26.2 Å². The molecule has 0 fully saturated rings. The topological polar surface area (TPSA) is 43.4 Å². The number of benzene rings is 2. The summed E-state index contributed by atoms with van der Waals surface area (Å²) in [7, 11) is 0. The molecule has 3 rings (SSSR count). The van der Waals surface area contributed by atoms with Gasteiger partial charge in [0, 0.05) is 11.0 Å². The molecule has 0 aromatic heterocycles. The number of aryl methyl sites for hydroxylation is 1. The Morgan fingerprint density at radius 2 is 1.76 bits per heavy atom. The van der Waals surface area contributed by atoms with Crippen LogP contribution in [0.5, 0.6) is 0 Å². The largest absolute Gasteiger partial charge is 0.457 e. The summed E-state index contributed by atoms with van der Waals surface area (Å²) in [5.74, 6) is -0.372. The molecular formula is C25H28O3S. The van der Waals surface area contributed by atoms with Crippen molar-refractivity contribution >= 4 is 22.8 Å². The second kappa shape index (κ2) is 9.00. The fourth-order valence-electron chi connectivity index (χ4n) is 3.72. The Kier molecular flexibility index (Phi) is 6.63. The third-order valence-electron chi connectivity index (χ3n) is 5.03. The predicted molar refractivity (Wildman–Crippen MR) is 118 cm³/mol. The van der Waals surface area contributed by atoms with Crippen molar-refractivity contribution in [1.29, 1.82) is 0 Å². The highest BCUT2D eigenvalue weighted by Crippen LogP contribution is 2.50. The van der Waals surface area contributed by atoms with Gasteiger partial charge < -0.3 is 4.74 Å². The van der Waals surface area contributed by atoms with Gasteiger partial charge in [-0.3, -0.25) is 4.79 Å². The summed E-state index contributed by atoms with van der Waals surface area (Å²) in [5, 5.41) is 0.167. The van der Waals surface area contributed by atoms with Gasteiger partial charge in [0.1, 0.15) is 5.60 Å². The second-order valence-electron chi connectivity index (χ2n) is 8.45. The number of carbonyl (C=O) groups is 2. The minimum Gasteiger partial charge on any atom is -0.457 e. The highest BCUT2D eigenvalue weighted by Gasteiger charge is 2.45. The molecule has 1 aliphatic rings. The first-order chi connectivity index (χ1) is 13.8. The molecule has 2 aromatic carbocycles. The lowest BCUT2D eigenvalue weighted by Crippen LogP contribution is -2.30. The molecule has 0 saturated heterocycles. The Morgan fingerprint density at radius 1 is 1.07 bits per heavy atom. The van der Waals surface area contributed by atoms with Gasteiger partial charge in [-0.25, -0.2) is 4.79 Å². The van der Waals surface area contributed by atoms with E-state index in [1.807, 2.05) is 57.2 Å². The zero-order chi connectivity index (χ0) is 20.9. The number of hydrogen-bond donors (Lipinski definition) is 0.